The van der Waals surface area contributed by atoms with Crippen LogP contribution in [0, 0.1) is 0 Å². The lowest BCUT2D eigenvalue weighted by Crippen LogP contribution is -2.49. The molecule has 1 aromatic heterocycles. The number of hydrogen-bond acceptors (Lipinski definition) is 5. The van der Waals surface area contributed by atoms with Crippen LogP contribution in [0.3, 0.4) is 0 Å². The second kappa shape index (κ2) is 11.3. The fourth-order valence-corrected chi connectivity index (χ4v) is 4.46. The Hall–Kier alpha value is -3.83. The van der Waals surface area contributed by atoms with Crippen molar-refractivity contribution in [3.05, 3.63) is 59.4 Å². The van der Waals surface area contributed by atoms with Crippen LogP contribution in [-0.4, -0.2) is 64.2 Å². The summed E-state index contributed by atoms with van der Waals surface area (Å²) in [5.74, 6) is -1.86. The van der Waals surface area contributed by atoms with Crippen LogP contribution >= 0.6 is 0 Å². The molecule has 9 nitrogen and oxygen atoms in total. The number of carboxylic acid groups (broad SMARTS) is 1. The molecule has 0 unspecified atom stereocenters. The number of piperidine rings is 1. The van der Waals surface area contributed by atoms with E-state index < -0.39 is 36.2 Å². The van der Waals surface area contributed by atoms with Gasteiger partial charge in [0, 0.05) is 19.1 Å². The number of amides is 3. The lowest BCUT2D eigenvalue weighted by atomic mass is 10.00. The Morgan fingerprint density at radius 2 is 1.82 bits per heavy atom. The summed E-state index contributed by atoms with van der Waals surface area (Å²) < 4.78 is 44.6. The van der Waals surface area contributed by atoms with E-state index in [4.69, 9.17) is 9.84 Å². The smallest absolute Gasteiger partial charge is 0.471 e. The first kappa shape index (κ1) is 27.2. The standard InChI is InChI=1S/C26H29F3N4O5/c1-15(31-24(35)26(27,28)29)22(18-8-6-17(7-9-18)16-4-5-16)38-20-10-11-21(30-13-20)23(34)32-19-3-2-12-33(14-19)25(36)37/h6-11,13,15-16,19,22H,2-5,12,14H2,1H3,(H,31,35)(H,32,34)(H,36,37)/t15-,19-,22-/m0/s1. The molecule has 2 aromatic rings. The van der Waals surface area contributed by atoms with Gasteiger partial charge in [0.15, 0.2) is 0 Å². The van der Waals surface area contributed by atoms with Crippen molar-refractivity contribution in [2.75, 3.05) is 13.1 Å². The normalized spacial score (nSPS) is 19.3. The van der Waals surface area contributed by atoms with Crippen LogP contribution in [0.2, 0.25) is 0 Å². The first-order chi connectivity index (χ1) is 18.0. The van der Waals surface area contributed by atoms with E-state index in [0.29, 0.717) is 30.9 Å². The van der Waals surface area contributed by atoms with Crippen molar-refractivity contribution in [3.63, 3.8) is 0 Å². The van der Waals surface area contributed by atoms with Gasteiger partial charge < -0.3 is 25.4 Å². The van der Waals surface area contributed by atoms with Gasteiger partial charge in [-0.25, -0.2) is 9.78 Å². The van der Waals surface area contributed by atoms with Gasteiger partial charge >= 0.3 is 18.2 Å². The number of carbonyl (C=O) groups excluding carboxylic acids is 2. The molecule has 38 heavy (non-hydrogen) atoms. The maximum absolute atomic E-state index is 12.9. The highest BCUT2D eigenvalue weighted by Crippen LogP contribution is 2.40. The highest BCUT2D eigenvalue weighted by Gasteiger charge is 2.40. The zero-order chi connectivity index (χ0) is 27.4. The number of rotatable bonds is 8. The van der Waals surface area contributed by atoms with Crippen LogP contribution in [-0.2, 0) is 4.79 Å². The fourth-order valence-electron chi connectivity index (χ4n) is 4.46. The van der Waals surface area contributed by atoms with Crippen LogP contribution in [0.25, 0.3) is 0 Å². The molecule has 2 aliphatic rings. The summed E-state index contributed by atoms with van der Waals surface area (Å²) in [4.78, 5) is 40.8. The molecule has 1 aliphatic heterocycles. The van der Waals surface area contributed by atoms with Gasteiger partial charge in [-0.05, 0) is 61.8 Å². The Bertz CT molecular complexity index is 1150. The number of aromatic nitrogens is 1. The summed E-state index contributed by atoms with van der Waals surface area (Å²) in [6, 6.07) is 8.86. The van der Waals surface area contributed by atoms with E-state index in [1.54, 1.807) is 12.1 Å². The van der Waals surface area contributed by atoms with E-state index in [2.05, 4.69) is 10.3 Å². The monoisotopic (exact) mass is 534 g/mol. The number of halogens is 3. The molecule has 12 heteroatoms. The van der Waals surface area contributed by atoms with Crippen LogP contribution in [0.15, 0.2) is 42.6 Å². The number of pyridine rings is 1. The van der Waals surface area contributed by atoms with Crippen molar-refractivity contribution >= 4 is 17.9 Å². The zero-order valence-corrected chi connectivity index (χ0v) is 20.7. The average molecular weight is 535 g/mol. The van der Waals surface area contributed by atoms with E-state index >= 15 is 0 Å². The third-order valence-electron chi connectivity index (χ3n) is 6.64. The molecule has 3 N–H and O–H groups in total. The summed E-state index contributed by atoms with van der Waals surface area (Å²) >= 11 is 0. The number of nitrogens with one attached hydrogen (secondary N) is 2. The summed E-state index contributed by atoms with van der Waals surface area (Å²) in [7, 11) is 0. The van der Waals surface area contributed by atoms with Crippen molar-refractivity contribution in [3.8, 4) is 5.75 Å². The quantitative estimate of drug-likeness (QED) is 0.471. The van der Waals surface area contributed by atoms with Gasteiger partial charge in [-0.15, -0.1) is 0 Å². The van der Waals surface area contributed by atoms with Gasteiger partial charge in [0.1, 0.15) is 17.5 Å². The van der Waals surface area contributed by atoms with Crippen molar-refractivity contribution in [1.29, 1.82) is 0 Å². The van der Waals surface area contributed by atoms with Crippen LogP contribution in [0.1, 0.15) is 66.2 Å². The highest BCUT2D eigenvalue weighted by atomic mass is 19.4. The van der Waals surface area contributed by atoms with Gasteiger partial charge in [0.2, 0.25) is 0 Å². The van der Waals surface area contributed by atoms with E-state index in [9.17, 15) is 27.6 Å². The first-order valence-electron chi connectivity index (χ1n) is 12.4. The number of likely N-dealkylation sites (tertiary alicyclic amines) is 1. The van der Waals surface area contributed by atoms with Gasteiger partial charge in [-0.2, -0.15) is 13.2 Å². The Morgan fingerprint density at radius 1 is 1.11 bits per heavy atom. The molecule has 4 rings (SSSR count). The number of nitrogens with zero attached hydrogens (tertiary/aromatic N) is 2. The molecule has 2 fully saturated rings. The molecule has 2 heterocycles. The third-order valence-corrected chi connectivity index (χ3v) is 6.64. The van der Waals surface area contributed by atoms with Gasteiger partial charge in [0.05, 0.1) is 12.2 Å². The number of ether oxygens (including phenoxy) is 1. The number of hydrogen-bond donors (Lipinski definition) is 3. The lowest BCUT2D eigenvalue weighted by molar-refractivity contribution is -0.174. The largest absolute Gasteiger partial charge is 0.482 e. The van der Waals surface area contributed by atoms with E-state index in [-0.39, 0.29) is 24.0 Å². The predicted molar refractivity (Wildman–Crippen MR) is 130 cm³/mol. The zero-order valence-electron chi connectivity index (χ0n) is 20.7. The second-order valence-corrected chi connectivity index (χ2v) is 9.66. The highest BCUT2D eigenvalue weighted by molar-refractivity contribution is 5.92. The topological polar surface area (TPSA) is 121 Å². The molecule has 0 radical (unpaired) electrons. The SMILES string of the molecule is C[C@H](NC(=O)C(F)(F)F)[C@H](Oc1ccc(C(=O)N[C@H]2CCCN(C(=O)O)C2)nc1)c1ccc(C2CC2)cc1. The Balaban J connectivity index is 1.45. The Labute approximate surface area is 217 Å². The molecule has 204 valence electrons. The Kier molecular flexibility index (Phi) is 8.08. The number of alkyl halides is 3. The predicted octanol–water partition coefficient (Wildman–Crippen LogP) is 4.02. The van der Waals surface area contributed by atoms with Crippen molar-refractivity contribution in [2.45, 2.75) is 62.9 Å². The van der Waals surface area contributed by atoms with Crippen molar-refractivity contribution < 1.29 is 37.4 Å². The molecule has 0 spiro atoms. The van der Waals surface area contributed by atoms with E-state index in [0.717, 1.165) is 18.4 Å². The van der Waals surface area contributed by atoms with E-state index in [1.807, 2.05) is 17.4 Å². The molecule has 1 saturated heterocycles. The molecule has 1 aromatic carbocycles. The summed E-state index contributed by atoms with van der Waals surface area (Å²) in [5, 5.41) is 13.9. The van der Waals surface area contributed by atoms with Crippen molar-refractivity contribution in [1.82, 2.24) is 20.5 Å². The maximum Gasteiger partial charge on any atom is 0.471 e. The van der Waals surface area contributed by atoms with E-state index in [1.165, 1.54) is 30.2 Å². The van der Waals surface area contributed by atoms with Gasteiger partial charge in [-0.3, -0.25) is 9.59 Å². The minimum absolute atomic E-state index is 0.0774. The Morgan fingerprint density at radius 3 is 2.39 bits per heavy atom. The maximum atomic E-state index is 12.9. The molecule has 3 atom stereocenters. The fraction of sp³-hybridized carbons (Fsp3) is 0.462. The number of benzene rings is 1. The second-order valence-electron chi connectivity index (χ2n) is 9.66. The third kappa shape index (κ3) is 6.93. The summed E-state index contributed by atoms with van der Waals surface area (Å²) in [6.07, 6.45) is -2.29. The molecule has 1 saturated carbocycles. The van der Waals surface area contributed by atoms with Crippen LogP contribution in [0.4, 0.5) is 18.0 Å². The molecular formula is C26H29F3N4O5. The first-order valence-corrected chi connectivity index (χ1v) is 12.4. The van der Waals surface area contributed by atoms with Crippen LogP contribution in [0.5, 0.6) is 5.75 Å². The molecule has 1 aliphatic carbocycles. The van der Waals surface area contributed by atoms with Gasteiger partial charge in [-0.1, -0.05) is 24.3 Å². The number of carbonyl (C=O) groups is 3. The van der Waals surface area contributed by atoms with Crippen LogP contribution < -0.4 is 15.4 Å². The summed E-state index contributed by atoms with van der Waals surface area (Å²) in [6.45, 7) is 2.02. The molecule has 0 bridgehead atoms. The lowest BCUT2D eigenvalue weighted by Gasteiger charge is -2.31. The summed E-state index contributed by atoms with van der Waals surface area (Å²) in [5.41, 5.74) is 1.79. The minimum Gasteiger partial charge on any atom is -0.482 e. The average Bonchev–Trinajstić information content (AvgIpc) is 3.73. The minimum atomic E-state index is -5.04. The molecular weight excluding hydrogens is 505 g/mol. The molecule has 3 amide bonds. The van der Waals surface area contributed by atoms with Crippen molar-refractivity contribution in [2.24, 2.45) is 0 Å². The van der Waals surface area contributed by atoms with Gasteiger partial charge in [0.25, 0.3) is 5.91 Å².